The van der Waals surface area contributed by atoms with E-state index >= 15 is 0 Å². The van der Waals surface area contributed by atoms with Gasteiger partial charge in [0.2, 0.25) is 11.8 Å². The van der Waals surface area contributed by atoms with Gasteiger partial charge in [-0.15, -0.1) is 0 Å². The van der Waals surface area contributed by atoms with Gasteiger partial charge in [0.1, 0.15) is 18.0 Å². The van der Waals surface area contributed by atoms with Gasteiger partial charge in [0.25, 0.3) is 0 Å². The summed E-state index contributed by atoms with van der Waals surface area (Å²) in [4.78, 5) is 35.2. The molecule has 0 unspecified atom stereocenters. The summed E-state index contributed by atoms with van der Waals surface area (Å²) in [6.07, 6.45) is 0.134. The minimum absolute atomic E-state index is 0.134. The Balaban J connectivity index is 1.59. The Kier molecular flexibility index (Phi) is 3.61. The summed E-state index contributed by atoms with van der Waals surface area (Å²) in [5.74, 6) is 0.456. The fraction of sp³-hybridized carbons (Fsp3) is 0.167. The molecular weight excluding hydrogens is 322 g/mol. The van der Waals surface area contributed by atoms with Crippen LogP contribution in [0, 0.1) is 0 Å². The van der Waals surface area contributed by atoms with Gasteiger partial charge in [0.15, 0.2) is 0 Å². The number of nitrogens with one attached hydrogen (secondary N) is 2. The van der Waals surface area contributed by atoms with Crippen molar-refractivity contribution < 1.29 is 19.1 Å². The molecule has 0 radical (unpaired) electrons. The van der Waals surface area contributed by atoms with Crippen molar-refractivity contribution in [1.29, 1.82) is 0 Å². The largest absolute Gasteiger partial charge is 0.457 e. The molecule has 4 rings (SSSR count). The summed E-state index contributed by atoms with van der Waals surface area (Å²) < 4.78 is 5.90. The molecule has 2 aliphatic heterocycles. The number of benzene rings is 2. The van der Waals surface area contributed by atoms with Crippen molar-refractivity contribution in [2.24, 2.45) is 0 Å². The zero-order valence-corrected chi connectivity index (χ0v) is 13.2. The number of urea groups is 1. The number of imide groups is 1. The first-order valence-electron chi connectivity index (χ1n) is 7.88. The maximum absolute atomic E-state index is 12.5. The molecule has 0 aromatic heterocycles. The van der Waals surface area contributed by atoms with Crippen LogP contribution in [0.15, 0.2) is 48.5 Å². The highest BCUT2D eigenvalue weighted by Crippen LogP contribution is 2.45. The highest BCUT2D eigenvalue weighted by molar-refractivity contribution is 6.02. The number of hydrazine groups is 1. The van der Waals surface area contributed by atoms with Crippen LogP contribution in [0.4, 0.5) is 4.79 Å². The molecule has 2 N–H and O–H groups in total. The van der Waals surface area contributed by atoms with Crippen LogP contribution in [0.3, 0.4) is 0 Å². The van der Waals surface area contributed by atoms with Gasteiger partial charge < -0.3 is 4.74 Å². The third-order valence-electron chi connectivity index (χ3n) is 4.25. The number of ether oxygens (including phenoxy) is 1. The molecule has 7 nitrogen and oxygen atoms in total. The minimum atomic E-state index is -0.619. The number of hydrogen-bond acceptors (Lipinski definition) is 4. The van der Waals surface area contributed by atoms with E-state index in [0.717, 1.165) is 16.1 Å². The maximum atomic E-state index is 12.5. The number of nitrogens with zero attached hydrogens (tertiary/aromatic N) is 1. The third-order valence-corrected chi connectivity index (χ3v) is 4.25. The smallest absolute Gasteiger partial charge is 0.343 e. The Morgan fingerprint density at radius 3 is 2.24 bits per heavy atom. The van der Waals surface area contributed by atoms with Crippen LogP contribution in [0.1, 0.15) is 23.5 Å². The second-order valence-electron chi connectivity index (χ2n) is 5.91. The number of rotatable bonds is 3. The van der Waals surface area contributed by atoms with E-state index in [1.807, 2.05) is 48.5 Å². The molecule has 0 aliphatic carbocycles. The molecule has 25 heavy (non-hydrogen) atoms. The van der Waals surface area contributed by atoms with Crippen molar-refractivity contribution in [2.45, 2.75) is 12.3 Å². The van der Waals surface area contributed by atoms with Gasteiger partial charge >= 0.3 is 6.03 Å². The van der Waals surface area contributed by atoms with Crippen LogP contribution in [-0.2, 0) is 9.59 Å². The van der Waals surface area contributed by atoms with Crippen molar-refractivity contribution in [1.82, 2.24) is 15.8 Å². The molecule has 2 aliphatic rings. The van der Waals surface area contributed by atoms with Crippen LogP contribution in [0.2, 0.25) is 0 Å². The maximum Gasteiger partial charge on any atom is 0.343 e. The fourth-order valence-electron chi connectivity index (χ4n) is 3.14. The Bertz CT molecular complexity index is 835. The first-order valence-corrected chi connectivity index (χ1v) is 7.88. The Morgan fingerprint density at radius 1 is 1.08 bits per heavy atom. The van der Waals surface area contributed by atoms with Crippen molar-refractivity contribution in [3.63, 3.8) is 0 Å². The molecule has 4 amide bonds. The summed E-state index contributed by atoms with van der Waals surface area (Å²) in [5.41, 5.74) is 4.32. The van der Waals surface area contributed by atoms with Gasteiger partial charge in [-0.3, -0.25) is 20.3 Å². The number of amides is 4. The fourth-order valence-corrected chi connectivity index (χ4v) is 3.14. The summed E-state index contributed by atoms with van der Waals surface area (Å²) in [6, 6.07) is 14.5. The first kappa shape index (κ1) is 15.2. The molecule has 2 aromatic rings. The molecule has 0 atom stereocenters. The van der Waals surface area contributed by atoms with Crippen LogP contribution in [0.25, 0.3) is 0 Å². The summed E-state index contributed by atoms with van der Waals surface area (Å²) >= 11 is 0. The molecule has 0 bridgehead atoms. The predicted molar refractivity (Wildman–Crippen MR) is 87.8 cm³/mol. The lowest BCUT2D eigenvalue weighted by Crippen LogP contribution is -2.44. The number of carbonyl (C=O) groups excluding carboxylic acids is 3. The van der Waals surface area contributed by atoms with Crippen LogP contribution in [0.5, 0.6) is 11.5 Å². The lowest BCUT2D eigenvalue weighted by Gasteiger charge is -2.28. The average Bonchev–Trinajstić information content (AvgIpc) is 2.91. The van der Waals surface area contributed by atoms with E-state index < -0.39 is 11.9 Å². The van der Waals surface area contributed by atoms with E-state index in [0.29, 0.717) is 11.5 Å². The van der Waals surface area contributed by atoms with E-state index in [1.165, 1.54) is 0 Å². The lowest BCUT2D eigenvalue weighted by atomic mass is 9.85. The van der Waals surface area contributed by atoms with Crippen molar-refractivity contribution in [3.05, 3.63) is 59.7 Å². The van der Waals surface area contributed by atoms with Crippen LogP contribution in [-0.4, -0.2) is 29.4 Å². The van der Waals surface area contributed by atoms with Gasteiger partial charge in [-0.2, -0.15) is 0 Å². The number of fused-ring (bicyclic) bond motifs is 2. The minimum Gasteiger partial charge on any atom is -0.457 e. The lowest BCUT2D eigenvalue weighted by molar-refractivity contribution is -0.125. The summed E-state index contributed by atoms with van der Waals surface area (Å²) in [7, 11) is 0. The molecular formula is C18H15N3O4. The zero-order valence-electron chi connectivity index (χ0n) is 13.2. The van der Waals surface area contributed by atoms with Crippen molar-refractivity contribution >= 4 is 17.8 Å². The molecule has 0 saturated carbocycles. The molecule has 1 fully saturated rings. The van der Waals surface area contributed by atoms with E-state index in [2.05, 4.69) is 10.7 Å². The number of para-hydroxylation sites is 2. The van der Waals surface area contributed by atoms with Gasteiger partial charge in [0.05, 0.1) is 0 Å². The van der Waals surface area contributed by atoms with Gasteiger partial charge in [-0.25, -0.2) is 9.80 Å². The zero-order chi connectivity index (χ0) is 17.4. The van der Waals surface area contributed by atoms with Crippen molar-refractivity contribution in [2.75, 3.05) is 6.54 Å². The van der Waals surface area contributed by atoms with E-state index in [4.69, 9.17) is 4.74 Å². The van der Waals surface area contributed by atoms with E-state index in [-0.39, 0.29) is 24.8 Å². The normalized spacial score (nSPS) is 15.9. The van der Waals surface area contributed by atoms with E-state index in [9.17, 15) is 14.4 Å². The monoisotopic (exact) mass is 337 g/mol. The molecule has 2 aromatic carbocycles. The Morgan fingerprint density at radius 2 is 1.68 bits per heavy atom. The average molecular weight is 337 g/mol. The topological polar surface area (TPSA) is 87.7 Å². The second kappa shape index (κ2) is 5.94. The highest BCUT2D eigenvalue weighted by atomic mass is 16.5. The molecule has 2 heterocycles. The third kappa shape index (κ3) is 2.80. The summed E-state index contributed by atoms with van der Waals surface area (Å²) in [5, 5.41) is 3.11. The first-order chi connectivity index (χ1) is 12.1. The van der Waals surface area contributed by atoms with Gasteiger partial charge in [-0.05, 0) is 12.1 Å². The second-order valence-corrected chi connectivity index (χ2v) is 5.91. The summed E-state index contributed by atoms with van der Waals surface area (Å²) in [6.45, 7) is -0.175. The predicted octanol–water partition coefficient (Wildman–Crippen LogP) is 1.90. The number of hydrogen-bond donors (Lipinski definition) is 2. The molecule has 126 valence electrons. The van der Waals surface area contributed by atoms with E-state index in [1.54, 1.807) is 0 Å². The van der Waals surface area contributed by atoms with Crippen molar-refractivity contribution in [3.8, 4) is 11.5 Å². The standard InChI is InChI=1S/C18H15N3O4/c22-16(20-21-10-17(23)19-18(21)24)9-13-11-5-1-3-7-14(11)25-15-8-4-2-6-12(13)15/h1-8,13H,9-10H2,(H,20,22)(H,19,23,24). The molecule has 7 heteroatoms. The molecule has 0 spiro atoms. The molecule has 1 saturated heterocycles. The Labute approximate surface area is 143 Å². The number of carbonyl (C=O) groups is 3. The quantitative estimate of drug-likeness (QED) is 0.838. The van der Waals surface area contributed by atoms with Gasteiger partial charge in [-0.1, -0.05) is 36.4 Å². The Hall–Kier alpha value is -3.35. The van der Waals surface area contributed by atoms with Gasteiger partial charge in [0, 0.05) is 23.5 Å². The van der Waals surface area contributed by atoms with Crippen LogP contribution < -0.4 is 15.5 Å². The SMILES string of the molecule is O=C1CN(NC(=O)CC2c3ccccc3Oc3ccccc32)C(=O)N1. The van der Waals surface area contributed by atoms with Crippen LogP contribution >= 0.6 is 0 Å². The highest BCUT2D eigenvalue weighted by Gasteiger charge is 2.32.